The van der Waals surface area contributed by atoms with Gasteiger partial charge in [-0.3, -0.25) is 0 Å². The molecule has 0 aliphatic rings. The Kier molecular flexibility index (Phi) is 2.73. The molecule has 2 aromatic rings. The van der Waals surface area contributed by atoms with Gasteiger partial charge in [-0.25, -0.2) is 0 Å². The summed E-state index contributed by atoms with van der Waals surface area (Å²) in [7, 11) is 0. The van der Waals surface area contributed by atoms with E-state index in [0.717, 1.165) is 16.5 Å². The molecule has 15 heavy (non-hydrogen) atoms. The minimum absolute atomic E-state index is 0.140. The predicted octanol–water partition coefficient (Wildman–Crippen LogP) is 0.752. The molecule has 0 radical (unpaired) electrons. The summed E-state index contributed by atoms with van der Waals surface area (Å²) in [5.41, 5.74) is 12.8. The van der Waals surface area contributed by atoms with Crippen molar-refractivity contribution < 1.29 is 9.52 Å². The molecule has 0 saturated heterocycles. The van der Waals surface area contributed by atoms with Gasteiger partial charge in [0, 0.05) is 17.5 Å². The summed E-state index contributed by atoms with van der Waals surface area (Å²) in [4.78, 5) is 0. The first-order valence-electron chi connectivity index (χ1n) is 4.84. The number of furan rings is 1. The highest BCUT2D eigenvalue weighted by Crippen LogP contribution is 2.26. The molecule has 0 fully saturated rings. The Morgan fingerprint density at radius 1 is 1.33 bits per heavy atom. The molecule has 5 N–H and O–H groups in total. The fourth-order valence-corrected chi connectivity index (χ4v) is 1.61. The minimum Gasteiger partial charge on any atom is -0.464 e. The van der Waals surface area contributed by atoms with E-state index in [1.165, 1.54) is 0 Å². The molecular weight excluding hydrogens is 192 g/mol. The third kappa shape index (κ3) is 1.74. The van der Waals surface area contributed by atoms with Gasteiger partial charge in [0.25, 0.3) is 0 Å². The summed E-state index contributed by atoms with van der Waals surface area (Å²) in [6.07, 6.45) is 0.833. The van der Waals surface area contributed by atoms with Gasteiger partial charge in [-0.2, -0.15) is 0 Å². The molecule has 1 aromatic heterocycles. The van der Waals surface area contributed by atoms with E-state index in [0.29, 0.717) is 0 Å². The molecule has 2 atom stereocenters. The van der Waals surface area contributed by atoms with Gasteiger partial charge in [0.1, 0.15) is 5.58 Å². The first-order valence-corrected chi connectivity index (χ1v) is 4.84. The Labute approximate surface area is 87.5 Å². The summed E-state index contributed by atoms with van der Waals surface area (Å²) in [5, 5.41) is 10.5. The molecule has 0 amide bonds. The normalized spacial score (nSPS) is 15.4. The summed E-state index contributed by atoms with van der Waals surface area (Å²) >= 11 is 0. The lowest BCUT2D eigenvalue weighted by atomic mass is 10.0. The molecule has 4 heteroatoms. The number of fused-ring (bicyclic) bond motifs is 1. The summed E-state index contributed by atoms with van der Waals surface area (Å²) in [6, 6.07) is 7.07. The molecule has 0 saturated carbocycles. The van der Waals surface area contributed by atoms with Crippen LogP contribution < -0.4 is 11.5 Å². The average Bonchev–Trinajstić information content (AvgIpc) is 2.70. The molecule has 4 nitrogen and oxygen atoms in total. The number of benzene rings is 1. The third-order valence-electron chi connectivity index (χ3n) is 2.53. The van der Waals surface area contributed by atoms with Gasteiger partial charge in [-0.15, -0.1) is 0 Å². The number of hydrogen-bond acceptors (Lipinski definition) is 4. The van der Waals surface area contributed by atoms with Crippen LogP contribution in [0.3, 0.4) is 0 Å². The van der Waals surface area contributed by atoms with E-state index < -0.39 is 12.1 Å². The van der Waals surface area contributed by atoms with Crippen LogP contribution >= 0.6 is 0 Å². The molecule has 2 unspecified atom stereocenters. The predicted molar refractivity (Wildman–Crippen MR) is 58.2 cm³/mol. The van der Waals surface area contributed by atoms with E-state index in [1.807, 2.05) is 24.3 Å². The average molecular weight is 206 g/mol. The second kappa shape index (κ2) is 4.02. The zero-order valence-electron chi connectivity index (χ0n) is 8.26. The zero-order chi connectivity index (χ0) is 10.8. The lowest BCUT2D eigenvalue weighted by Gasteiger charge is -2.15. The molecular formula is C11H14N2O2. The Hall–Kier alpha value is -1.36. The van der Waals surface area contributed by atoms with Crippen LogP contribution in [0.15, 0.2) is 34.9 Å². The van der Waals surface area contributed by atoms with Crippen molar-refractivity contribution in [1.82, 2.24) is 0 Å². The molecule has 80 valence electrons. The van der Waals surface area contributed by atoms with Crippen molar-refractivity contribution in [2.45, 2.75) is 12.1 Å². The van der Waals surface area contributed by atoms with Crippen LogP contribution in [0.1, 0.15) is 11.6 Å². The quantitative estimate of drug-likeness (QED) is 0.691. The third-order valence-corrected chi connectivity index (χ3v) is 2.53. The highest BCUT2D eigenvalue weighted by molar-refractivity contribution is 5.81. The second-order valence-corrected chi connectivity index (χ2v) is 3.52. The number of rotatable bonds is 3. The minimum atomic E-state index is -0.744. The van der Waals surface area contributed by atoms with Crippen LogP contribution in [0, 0.1) is 0 Å². The van der Waals surface area contributed by atoms with E-state index in [9.17, 15) is 5.11 Å². The van der Waals surface area contributed by atoms with Gasteiger partial charge in [0.05, 0.1) is 18.4 Å². The van der Waals surface area contributed by atoms with Crippen molar-refractivity contribution >= 4 is 11.0 Å². The van der Waals surface area contributed by atoms with Crippen molar-refractivity contribution in [2.24, 2.45) is 11.5 Å². The fraction of sp³-hybridized carbons (Fsp3) is 0.273. The van der Waals surface area contributed by atoms with Gasteiger partial charge < -0.3 is 21.0 Å². The fourth-order valence-electron chi connectivity index (χ4n) is 1.61. The summed E-state index contributed by atoms with van der Waals surface area (Å²) in [6.45, 7) is 0.140. The SMILES string of the molecule is NCC(O)C(N)c1coc2ccccc12. The molecule has 1 heterocycles. The maximum Gasteiger partial charge on any atom is 0.134 e. The Bertz CT molecular complexity index is 453. The largest absolute Gasteiger partial charge is 0.464 e. The van der Waals surface area contributed by atoms with Crippen LogP contribution in [-0.4, -0.2) is 17.8 Å². The van der Waals surface area contributed by atoms with Crippen LogP contribution in [0.2, 0.25) is 0 Å². The molecule has 1 aromatic carbocycles. The first-order chi connectivity index (χ1) is 7.24. The Morgan fingerprint density at radius 2 is 2.07 bits per heavy atom. The smallest absolute Gasteiger partial charge is 0.134 e. The molecule has 2 rings (SSSR count). The Balaban J connectivity index is 2.43. The van der Waals surface area contributed by atoms with E-state index in [1.54, 1.807) is 6.26 Å². The zero-order valence-corrected chi connectivity index (χ0v) is 8.26. The van der Waals surface area contributed by atoms with E-state index in [4.69, 9.17) is 15.9 Å². The Morgan fingerprint density at radius 3 is 2.80 bits per heavy atom. The number of hydrogen-bond donors (Lipinski definition) is 3. The number of para-hydroxylation sites is 1. The lowest BCUT2D eigenvalue weighted by molar-refractivity contribution is 0.153. The molecule has 0 aliphatic carbocycles. The number of nitrogens with two attached hydrogens (primary N) is 2. The monoisotopic (exact) mass is 206 g/mol. The van der Waals surface area contributed by atoms with Crippen molar-refractivity contribution in [1.29, 1.82) is 0 Å². The maximum atomic E-state index is 9.57. The maximum absolute atomic E-state index is 9.57. The standard InChI is InChI=1S/C11H14N2O2/c12-5-9(14)11(13)8-6-15-10-4-2-1-3-7(8)10/h1-4,6,9,11,14H,5,12-13H2. The van der Waals surface area contributed by atoms with Gasteiger partial charge in [0.2, 0.25) is 0 Å². The van der Waals surface area contributed by atoms with Crippen molar-refractivity contribution in [3.05, 3.63) is 36.1 Å². The summed E-state index contributed by atoms with van der Waals surface area (Å²) < 4.78 is 5.33. The summed E-state index contributed by atoms with van der Waals surface area (Å²) in [5.74, 6) is 0. The van der Waals surface area contributed by atoms with E-state index in [2.05, 4.69) is 0 Å². The molecule has 0 aliphatic heterocycles. The lowest BCUT2D eigenvalue weighted by Crippen LogP contribution is -2.32. The highest BCUT2D eigenvalue weighted by atomic mass is 16.3. The highest BCUT2D eigenvalue weighted by Gasteiger charge is 2.19. The van der Waals surface area contributed by atoms with E-state index in [-0.39, 0.29) is 6.54 Å². The van der Waals surface area contributed by atoms with Crippen LogP contribution in [0.25, 0.3) is 11.0 Å². The van der Waals surface area contributed by atoms with Gasteiger partial charge in [0.15, 0.2) is 0 Å². The number of aliphatic hydroxyl groups is 1. The van der Waals surface area contributed by atoms with Crippen LogP contribution in [0.5, 0.6) is 0 Å². The van der Waals surface area contributed by atoms with Gasteiger partial charge in [-0.05, 0) is 6.07 Å². The van der Waals surface area contributed by atoms with Crippen molar-refractivity contribution in [3.63, 3.8) is 0 Å². The van der Waals surface area contributed by atoms with Gasteiger partial charge >= 0.3 is 0 Å². The van der Waals surface area contributed by atoms with Crippen molar-refractivity contribution in [2.75, 3.05) is 6.54 Å². The number of aliphatic hydroxyl groups excluding tert-OH is 1. The van der Waals surface area contributed by atoms with E-state index >= 15 is 0 Å². The van der Waals surface area contributed by atoms with Crippen molar-refractivity contribution in [3.8, 4) is 0 Å². The molecule has 0 bridgehead atoms. The second-order valence-electron chi connectivity index (χ2n) is 3.52. The van der Waals surface area contributed by atoms with Crippen LogP contribution in [-0.2, 0) is 0 Å². The van der Waals surface area contributed by atoms with Crippen LogP contribution in [0.4, 0.5) is 0 Å². The van der Waals surface area contributed by atoms with Gasteiger partial charge in [-0.1, -0.05) is 18.2 Å². The first kappa shape index (κ1) is 10.2. The topological polar surface area (TPSA) is 85.4 Å². The molecule has 0 spiro atoms.